The highest BCUT2D eigenvalue weighted by Gasteiger charge is 2.23. The van der Waals surface area contributed by atoms with Crippen molar-refractivity contribution in [1.82, 2.24) is 14.7 Å². The molecule has 0 bridgehead atoms. The van der Waals surface area contributed by atoms with Crippen LogP contribution in [0.3, 0.4) is 0 Å². The highest BCUT2D eigenvalue weighted by atomic mass is 16.5. The van der Waals surface area contributed by atoms with Crippen LogP contribution in [0.25, 0.3) is 5.69 Å². The SMILES string of the molecule is CCOC(=O)CCC(=O)N(CC)CC(=O)Nc1cc(C(C)(C)C)nn1-c1ccccc1C. The van der Waals surface area contributed by atoms with Crippen molar-refractivity contribution in [2.24, 2.45) is 0 Å². The summed E-state index contributed by atoms with van der Waals surface area (Å²) in [6, 6.07) is 9.67. The van der Waals surface area contributed by atoms with Gasteiger partial charge in [0.2, 0.25) is 11.8 Å². The zero-order valence-electron chi connectivity index (χ0n) is 19.9. The summed E-state index contributed by atoms with van der Waals surface area (Å²) in [6.07, 6.45) is 0.00899. The Morgan fingerprint density at radius 2 is 1.81 bits per heavy atom. The second-order valence-electron chi connectivity index (χ2n) is 8.62. The van der Waals surface area contributed by atoms with Crippen LogP contribution in [0.15, 0.2) is 30.3 Å². The van der Waals surface area contributed by atoms with Gasteiger partial charge >= 0.3 is 5.97 Å². The van der Waals surface area contributed by atoms with Crippen molar-refractivity contribution in [2.45, 2.75) is 59.8 Å². The molecule has 1 N–H and O–H groups in total. The Morgan fingerprint density at radius 3 is 2.41 bits per heavy atom. The highest BCUT2D eigenvalue weighted by Crippen LogP contribution is 2.27. The number of hydrogen-bond donors (Lipinski definition) is 1. The Kier molecular flexibility index (Phi) is 8.57. The molecule has 2 aromatic rings. The standard InChI is InChI=1S/C24H34N4O4/c1-7-27(22(30)13-14-23(31)32-8-2)16-21(29)25-20-15-19(24(4,5)6)26-28(20)18-12-10-9-11-17(18)3/h9-12,15H,7-8,13-14,16H2,1-6H3,(H,25,29). The predicted octanol–water partition coefficient (Wildman–Crippen LogP) is 3.61. The van der Waals surface area contributed by atoms with Crippen molar-refractivity contribution in [3.8, 4) is 5.69 Å². The minimum absolute atomic E-state index is 0.000209. The summed E-state index contributed by atoms with van der Waals surface area (Å²) in [4.78, 5) is 38.2. The van der Waals surface area contributed by atoms with Crippen LogP contribution in [-0.2, 0) is 24.5 Å². The summed E-state index contributed by atoms with van der Waals surface area (Å²) in [5.74, 6) is -0.465. The number of rotatable bonds is 9. The number of aryl methyl sites for hydroxylation is 1. The Balaban J connectivity index is 2.17. The maximum absolute atomic E-state index is 12.8. The van der Waals surface area contributed by atoms with Gasteiger partial charge in [-0.05, 0) is 32.4 Å². The van der Waals surface area contributed by atoms with Crippen molar-refractivity contribution in [3.63, 3.8) is 0 Å². The lowest BCUT2D eigenvalue weighted by molar-refractivity contribution is -0.145. The molecular formula is C24H34N4O4. The molecule has 0 atom stereocenters. The van der Waals surface area contributed by atoms with Gasteiger partial charge in [0, 0.05) is 24.4 Å². The second kappa shape index (κ2) is 10.9. The Hall–Kier alpha value is -3.16. The van der Waals surface area contributed by atoms with Gasteiger partial charge in [-0.1, -0.05) is 39.0 Å². The number of hydrogen-bond acceptors (Lipinski definition) is 5. The van der Waals surface area contributed by atoms with Crippen LogP contribution < -0.4 is 5.32 Å². The molecule has 0 saturated heterocycles. The van der Waals surface area contributed by atoms with Gasteiger partial charge < -0.3 is 15.0 Å². The zero-order valence-corrected chi connectivity index (χ0v) is 19.9. The van der Waals surface area contributed by atoms with E-state index in [1.54, 1.807) is 18.5 Å². The maximum atomic E-state index is 12.8. The summed E-state index contributed by atoms with van der Waals surface area (Å²) >= 11 is 0. The molecule has 0 saturated carbocycles. The first-order chi connectivity index (χ1) is 15.1. The number of carbonyl (C=O) groups is 3. The molecule has 0 unspecified atom stereocenters. The summed E-state index contributed by atoms with van der Waals surface area (Å²) < 4.78 is 6.59. The van der Waals surface area contributed by atoms with Gasteiger partial charge in [0.1, 0.15) is 5.82 Å². The molecule has 0 radical (unpaired) electrons. The average Bonchev–Trinajstić information content (AvgIpc) is 3.14. The average molecular weight is 443 g/mol. The van der Waals surface area contributed by atoms with Crippen LogP contribution in [-0.4, -0.2) is 52.2 Å². The summed E-state index contributed by atoms with van der Waals surface area (Å²) in [5.41, 5.74) is 2.53. The number of benzene rings is 1. The number of likely N-dealkylation sites (N-methyl/N-ethyl adjacent to an activating group) is 1. The van der Waals surface area contributed by atoms with E-state index in [2.05, 4.69) is 26.1 Å². The van der Waals surface area contributed by atoms with Crippen LogP contribution in [0, 0.1) is 6.92 Å². The van der Waals surface area contributed by atoms with Crippen molar-refractivity contribution < 1.29 is 19.1 Å². The van der Waals surface area contributed by atoms with Crippen molar-refractivity contribution >= 4 is 23.6 Å². The Labute approximate surface area is 189 Å². The minimum Gasteiger partial charge on any atom is -0.466 e. The van der Waals surface area contributed by atoms with Crippen molar-refractivity contribution in [3.05, 3.63) is 41.6 Å². The smallest absolute Gasteiger partial charge is 0.306 e. The van der Waals surface area contributed by atoms with Gasteiger partial charge in [-0.25, -0.2) is 4.68 Å². The molecule has 8 nitrogen and oxygen atoms in total. The Morgan fingerprint density at radius 1 is 1.12 bits per heavy atom. The van der Waals surface area contributed by atoms with E-state index in [1.165, 1.54) is 4.90 Å². The number of esters is 1. The maximum Gasteiger partial charge on any atom is 0.306 e. The number of para-hydroxylation sites is 1. The first kappa shape index (κ1) is 25.1. The molecule has 2 rings (SSSR count). The third kappa shape index (κ3) is 6.67. The Bertz CT molecular complexity index is 959. The molecule has 174 valence electrons. The lowest BCUT2D eigenvalue weighted by Gasteiger charge is -2.20. The minimum atomic E-state index is -0.418. The highest BCUT2D eigenvalue weighted by molar-refractivity contribution is 5.94. The van der Waals surface area contributed by atoms with E-state index in [4.69, 9.17) is 9.84 Å². The number of nitrogens with one attached hydrogen (secondary N) is 1. The van der Waals surface area contributed by atoms with E-state index >= 15 is 0 Å². The summed E-state index contributed by atoms with van der Waals surface area (Å²) in [7, 11) is 0. The first-order valence-electron chi connectivity index (χ1n) is 11.0. The normalized spacial score (nSPS) is 11.2. The zero-order chi connectivity index (χ0) is 23.9. The molecule has 1 aromatic carbocycles. The van der Waals surface area contributed by atoms with Crippen LogP contribution in [0.4, 0.5) is 5.82 Å². The summed E-state index contributed by atoms with van der Waals surface area (Å²) in [6.45, 7) is 12.2. The third-order valence-electron chi connectivity index (χ3n) is 5.01. The van der Waals surface area contributed by atoms with Crippen LogP contribution in [0.5, 0.6) is 0 Å². The predicted molar refractivity (Wildman–Crippen MR) is 124 cm³/mol. The molecule has 2 amide bonds. The number of nitrogens with zero attached hydrogens (tertiary/aromatic N) is 3. The molecule has 1 heterocycles. The monoisotopic (exact) mass is 442 g/mol. The van der Waals surface area contributed by atoms with E-state index in [-0.39, 0.29) is 43.2 Å². The lowest BCUT2D eigenvalue weighted by Crippen LogP contribution is -2.38. The van der Waals surface area contributed by atoms with E-state index in [0.717, 1.165) is 16.9 Å². The molecule has 0 aliphatic heterocycles. The van der Waals surface area contributed by atoms with Crippen LogP contribution in [0.1, 0.15) is 58.7 Å². The van der Waals surface area contributed by atoms with Gasteiger partial charge in [-0.3, -0.25) is 14.4 Å². The summed E-state index contributed by atoms with van der Waals surface area (Å²) in [5, 5.41) is 7.65. The fourth-order valence-corrected chi connectivity index (χ4v) is 3.15. The van der Waals surface area contributed by atoms with E-state index in [0.29, 0.717) is 12.4 Å². The molecule has 8 heteroatoms. The number of amides is 2. The van der Waals surface area contributed by atoms with Gasteiger partial charge in [0.05, 0.1) is 31.0 Å². The van der Waals surface area contributed by atoms with E-state index in [1.807, 2.05) is 37.3 Å². The first-order valence-corrected chi connectivity index (χ1v) is 11.0. The van der Waals surface area contributed by atoms with Gasteiger partial charge in [-0.2, -0.15) is 5.10 Å². The molecule has 0 aliphatic carbocycles. The van der Waals surface area contributed by atoms with Crippen LogP contribution >= 0.6 is 0 Å². The molecule has 1 aromatic heterocycles. The fraction of sp³-hybridized carbons (Fsp3) is 0.500. The molecular weight excluding hydrogens is 408 g/mol. The topological polar surface area (TPSA) is 93.5 Å². The van der Waals surface area contributed by atoms with E-state index < -0.39 is 5.97 Å². The van der Waals surface area contributed by atoms with Crippen molar-refractivity contribution in [1.29, 1.82) is 0 Å². The van der Waals surface area contributed by atoms with E-state index in [9.17, 15) is 14.4 Å². The quantitative estimate of drug-likeness (QED) is 0.599. The molecule has 32 heavy (non-hydrogen) atoms. The van der Waals surface area contributed by atoms with Crippen LogP contribution in [0.2, 0.25) is 0 Å². The van der Waals surface area contributed by atoms with Crippen molar-refractivity contribution in [2.75, 3.05) is 25.0 Å². The number of ether oxygens (including phenoxy) is 1. The second-order valence-corrected chi connectivity index (χ2v) is 8.62. The largest absolute Gasteiger partial charge is 0.466 e. The van der Waals surface area contributed by atoms with Gasteiger partial charge in [-0.15, -0.1) is 0 Å². The molecule has 0 aliphatic rings. The number of anilines is 1. The number of aromatic nitrogens is 2. The lowest BCUT2D eigenvalue weighted by atomic mass is 9.92. The number of carbonyl (C=O) groups excluding carboxylic acids is 3. The van der Waals surface area contributed by atoms with Gasteiger partial charge in [0.15, 0.2) is 0 Å². The third-order valence-corrected chi connectivity index (χ3v) is 5.01. The molecule has 0 spiro atoms. The fourth-order valence-electron chi connectivity index (χ4n) is 3.15. The van der Waals surface area contributed by atoms with Gasteiger partial charge in [0.25, 0.3) is 0 Å². The molecule has 0 fully saturated rings.